The van der Waals surface area contributed by atoms with E-state index in [0.29, 0.717) is 5.52 Å². The number of aromatic nitrogens is 2. The standard InChI is InChI=1S/C9H6ClN.C9H6FN/c10-8-4-3-7-2-1-5-11-9(7)6-8;10-8-5-1-3-7-4-2-6-11-9(7)8/h2*1-6H. The fourth-order valence-corrected chi connectivity index (χ4v) is 2.27. The van der Waals surface area contributed by atoms with Crippen LogP contribution in [0.2, 0.25) is 5.02 Å². The van der Waals surface area contributed by atoms with Gasteiger partial charge in [-0.2, -0.15) is 0 Å². The highest BCUT2D eigenvalue weighted by Crippen LogP contribution is 2.16. The maximum absolute atomic E-state index is 12.9. The Kier molecular flexibility index (Phi) is 4.26. The summed E-state index contributed by atoms with van der Waals surface area (Å²) in [7, 11) is 0. The Bertz CT molecular complexity index is 913. The molecule has 0 bridgehead atoms. The van der Waals surface area contributed by atoms with Crippen molar-refractivity contribution in [2.24, 2.45) is 0 Å². The van der Waals surface area contributed by atoms with Crippen LogP contribution < -0.4 is 0 Å². The van der Waals surface area contributed by atoms with Gasteiger partial charge >= 0.3 is 0 Å². The van der Waals surface area contributed by atoms with Gasteiger partial charge in [0.05, 0.1) is 5.52 Å². The summed E-state index contributed by atoms with van der Waals surface area (Å²) >= 11 is 5.78. The number of hydrogen-bond acceptors (Lipinski definition) is 2. The summed E-state index contributed by atoms with van der Waals surface area (Å²) in [6.45, 7) is 0. The predicted molar refractivity (Wildman–Crippen MR) is 88.5 cm³/mol. The Hall–Kier alpha value is -2.52. The van der Waals surface area contributed by atoms with Gasteiger partial charge in [0, 0.05) is 28.2 Å². The molecule has 4 aromatic rings. The van der Waals surface area contributed by atoms with Gasteiger partial charge < -0.3 is 0 Å². The first-order valence-electron chi connectivity index (χ1n) is 6.73. The lowest BCUT2D eigenvalue weighted by atomic mass is 10.2. The van der Waals surface area contributed by atoms with Crippen LogP contribution in [0, 0.1) is 5.82 Å². The van der Waals surface area contributed by atoms with Gasteiger partial charge in [0.25, 0.3) is 0 Å². The Morgan fingerprint density at radius 2 is 1.50 bits per heavy atom. The zero-order valence-electron chi connectivity index (χ0n) is 11.6. The van der Waals surface area contributed by atoms with Gasteiger partial charge in [-0.3, -0.25) is 9.97 Å². The lowest BCUT2D eigenvalue weighted by Crippen LogP contribution is -1.81. The number of fused-ring (bicyclic) bond motifs is 2. The van der Waals surface area contributed by atoms with E-state index >= 15 is 0 Å². The van der Waals surface area contributed by atoms with E-state index in [1.165, 1.54) is 6.07 Å². The summed E-state index contributed by atoms with van der Waals surface area (Å²) in [6, 6.07) is 18.2. The second kappa shape index (κ2) is 6.50. The number of pyridine rings is 2. The van der Waals surface area contributed by atoms with E-state index in [1.807, 2.05) is 42.5 Å². The van der Waals surface area contributed by atoms with Crippen LogP contribution in [-0.2, 0) is 0 Å². The largest absolute Gasteiger partial charge is 0.256 e. The van der Waals surface area contributed by atoms with Gasteiger partial charge in [-0.1, -0.05) is 41.9 Å². The van der Waals surface area contributed by atoms with Gasteiger partial charge in [0.2, 0.25) is 0 Å². The third-order valence-corrected chi connectivity index (χ3v) is 3.39. The van der Waals surface area contributed by atoms with Crippen LogP contribution in [-0.4, -0.2) is 9.97 Å². The SMILES string of the molecule is Clc1ccc2cccnc2c1.Fc1cccc2cccnc12. The van der Waals surface area contributed by atoms with Crippen LogP contribution in [0.3, 0.4) is 0 Å². The van der Waals surface area contributed by atoms with E-state index in [2.05, 4.69) is 9.97 Å². The van der Waals surface area contributed by atoms with Gasteiger partial charge in [-0.15, -0.1) is 0 Å². The van der Waals surface area contributed by atoms with Crippen LogP contribution in [0.5, 0.6) is 0 Å². The summed E-state index contributed by atoms with van der Waals surface area (Å²) in [5, 5.41) is 2.70. The van der Waals surface area contributed by atoms with Crippen molar-refractivity contribution in [1.29, 1.82) is 0 Å². The highest BCUT2D eigenvalue weighted by molar-refractivity contribution is 6.31. The van der Waals surface area contributed by atoms with Crippen molar-refractivity contribution in [3.05, 3.63) is 83.9 Å². The van der Waals surface area contributed by atoms with Gasteiger partial charge in [0.15, 0.2) is 0 Å². The number of benzene rings is 2. The highest BCUT2D eigenvalue weighted by atomic mass is 35.5. The second-order valence-corrected chi connectivity index (χ2v) is 5.09. The molecule has 2 aromatic heterocycles. The molecular weight excluding hydrogens is 299 g/mol. The zero-order valence-corrected chi connectivity index (χ0v) is 12.3. The first kappa shape index (κ1) is 14.4. The summed E-state index contributed by atoms with van der Waals surface area (Å²) in [6.07, 6.45) is 3.35. The Morgan fingerprint density at radius 3 is 2.32 bits per heavy atom. The number of halogens is 2. The molecule has 0 aliphatic carbocycles. The molecule has 0 saturated heterocycles. The minimum atomic E-state index is -0.261. The minimum Gasteiger partial charge on any atom is -0.256 e. The number of nitrogens with zero attached hydrogens (tertiary/aromatic N) is 2. The molecule has 22 heavy (non-hydrogen) atoms. The fraction of sp³-hybridized carbons (Fsp3) is 0. The Balaban J connectivity index is 0.000000131. The molecule has 4 heteroatoms. The summed E-state index contributed by atoms with van der Waals surface area (Å²) in [5.41, 5.74) is 1.38. The molecule has 0 atom stereocenters. The van der Waals surface area contributed by atoms with Crippen LogP contribution in [0.25, 0.3) is 21.8 Å². The third-order valence-electron chi connectivity index (χ3n) is 3.15. The predicted octanol–water partition coefficient (Wildman–Crippen LogP) is 5.26. The summed E-state index contributed by atoms with van der Waals surface area (Å²) in [4.78, 5) is 8.06. The third kappa shape index (κ3) is 3.21. The Morgan fingerprint density at radius 1 is 0.773 bits per heavy atom. The van der Waals surface area contributed by atoms with Crippen molar-refractivity contribution in [2.45, 2.75) is 0 Å². The molecule has 2 heterocycles. The topological polar surface area (TPSA) is 25.8 Å². The van der Waals surface area contributed by atoms with Crippen LogP contribution >= 0.6 is 11.6 Å². The average molecular weight is 311 g/mol. The lowest BCUT2D eigenvalue weighted by molar-refractivity contribution is 0.637. The van der Waals surface area contributed by atoms with Crippen molar-refractivity contribution in [3.63, 3.8) is 0 Å². The molecule has 0 aliphatic rings. The molecule has 4 rings (SSSR count). The first-order chi connectivity index (χ1) is 10.7. The molecule has 108 valence electrons. The van der Waals surface area contributed by atoms with E-state index in [0.717, 1.165) is 21.3 Å². The fourth-order valence-electron chi connectivity index (χ4n) is 2.11. The van der Waals surface area contributed by atoms with Gasteiger partial charge in [-0.05, 0) is 30.3 Å². The van der Waals surface area contributed by atoms with Crippen LogP contribution in [0.1, 0.15) is 0 Å². The second-order valence-electron chi connectivity index (χ2n) is 4.66. The molecule has 0 fully saturated rings. The van der Waals surface area contributed by atoms with Crippen molar-refractivity contribution in [3.8, 4) is 0 Å². The molecule has 0 saturated carbocycles. The maximum atomic E-state index is 12.9. The maximum Gasteiger partial charge on any atom is 0.149 e. The summed E-state index contributed by atoms with van der Waals surface area (Å²) < 4.78 is 12.9. The van der Waals surface area contributed by atoms with E-state index in [9.17, 15) is 4.39 Å². The molecule has 0 unspecified atom stereocenters. The number of para-hydroxylation sites is 1. The zero-order chi connectivity index (χ0) is 15.4. The first-order valence-corrected chi connectivity index (χ1v) is 7.11. The molecular formula is C18H12ClFN2. The number of hydrogen-bond donors (Lipinski definition) is 0. The van der Waals surface area contributed by atoms with Crippen molar-refractivity contribution < 1.29 is 4.39 Å². The smallest absolute Gasteiger partial charge is 0.149 e. The van der Waals surface area contributed by atoms with E-state index < -0.39 is 0 Å². The average Bonchev–Trinajstić information content (AvgIpc) is 2.56. The highest BCUT2D eigenvalue weighted by Gasteiger charge is 1.97. The molecule has 0 N–H and O–H groups in total. The van der Waals surface area contributed by atoms with Crippen LogP contribution in [0.15, 0.2) is 73.1 Å². The van der Waals surface area contributed by atoms with E-state index in [4.69, 9.17) is 11.6 Å². The van der Waals surface area contributed by atoms with E-state index in [1.54, 1.807) is 24.5 Å². The quantitative estimate of drug-likeness (QED) is 0.442. The van der Waals surface area contributed by atoms with Crippen LogP contribution in [0.4, 0.5) is 4.39 Å². The van der Waals surface area contributed by atoms with E-state index in [-0.39, 0.29) is 5.82 Å². The molecule has 2 aromatic carbocycles. The normalized spacial score (nSPS) is 10.3. The minimum absolute atomic E-state index is 0.261. The summed E-state index contributed by atoms with van der Waals surface area (Å²) in [5.74, 6) is -0.261. The Labute approximate surface area is 132 Å². The van der Waals surface area contributed by atoms with Crippen molar-refractivity contribution in [1.82, 2.24) is 9.97 Å². The molecule has 0 spiro atoms. The monoisotopic (exact) mass is 310 g/mol. The van der Waals surface area contributed by atoms with Crippen molar-refractivity contribution >= 4 is 33.4 Å². The lowest BCUT2D eigenvalue weighted by Gasteiger charge is -1.94. The number of rotatable bonds is 0. The molecule has 2 nitrogen and oxygen atoms in total. The molecule has 0 aliphatic heterocycles. The molecule has 0 amide bonds. The van der Waals surface area contributed by atoms with Gasteiger partial charge in [-0.25, -0.2) is 4.39 Å². The van der Waals surface area contributed by atoms with Gasteiger partial charge in [0.1, 0.15) is 11.3 Å². The molecule has 0 radical (unpaired) electrons. The van der Waals surface area contributed by atoms with Crippen molar-refractivity contribution in [2.75, 3.05) is 0 Å².